The Hall–Kier alpha value is -0.120. The highest BCUT2D eigenvalue weighted by molar-refractivity contribution is 4.91. The van der Waals surface area contributed by atoms with Crippen LogP contribution in [0.15, 0.2) is 0 Å². The molecule has 0 aromatic heterocycles. The molecule has 1 aliphatic heterocycles. The minimum atomic E-state index is 0.389. The second-order valence-corrected chi connectivity index (χ2v) is 6.29. The number of nitrogens with two attached hydrogens (primary N) is 1. The van der Waals surface area contributed by atoms with E-state index in [1.165, 1.54) is 45.2 Å². The van der Waals surface area contributed by atoms with E-state index < -0.39 is 0 Å². The van der Waals surface area contributed by atoms with Gasteiger partial charge in [0.2, 0.25) is 0 Å². The maximum atomic E-state index is 6.09. The largest absolute Gasteiger partial charge is 0.380 e. The van der Waals surface area contributed by atoms with Gasteiger partial charge in [-0.05, 0) is 37.1 Å². The number of hydrogen-bond acceptors (Lipinski definition) is 3. The van der Waals surface area contributed by atoms with Crippen molar-refractivity contribution in [1.82, 2.24) is 4.90 Å². The van der Waals surface area contributed by atoms with Gasteiger partial charge in [-0.1, -0.05) is 19.8 Å². The van der Waals surface area contributed by atoms with Crippen LogP contribution < -0.4 is 5.73 Å². The van der Waals surface area contributed by atoms with E-state index in [2.05, 4.69) is 11.8 Å². The summed E-state index contributed by atoms with van der Waals surface area (Å²) in [4.78, 5) is 2.57. The zero-order valence-corrected chi connectivity index (χ0v) is 11.5. The van der Waals surface area contributed by atoms with Gasteiger partial charge in [-0.25, -0.2) is 0 Å². The molecule has 2 rings (SSSR count). The summed E-state index contributed by atoms with van der Waals surface area (Å²) < 4.78 is 5.45. The molecule has 3 heteroatoms. The molecule has 1 saturated heterocycles. The van der Waals surface area contributed by atoms with E-state index in [1.54, 1.807) is 0 Å². The second kappa shape index (κ2) is 5.68. The van der Waals surface area contributed by atoms with Gasteiger partial charge in [0.25, 0.3) is 0 Å². The molecule has 0 bridgehead atoms. The van der Waals surface area contributed by atoms with Crippen molar-refractivity contribution in [2.24, 2.45) is 17.1 Å². The molecule has 1 saturated carbocycles. The fraction of sp³-hybridized carbons (Fsp3) is 1.00. The van der Waals surface area contributed by atoms with Gasteiger partial charge in [0.05, 0.1) is 6.10 Å². The Kier molecular flexibility index (Phi) is 4.45. The van der Waals surface area contributed by atoms with Gasteiger partial charge in [0.15, 0.2) is 0 Å². The van der Waals surface area contributed by atoms with Crippen LogP contribution in [0.25, 0.3) is 0 Å². The zero-order chi connectivity index (χ0) is 12.3. The molecule has 3 nitrogen and oxygen atoms in total. The molecule has 3 unspecified atom stereocenters. The van der Waals surface area contributed by atoms with Crippen molar-refractivity contribution >= 4 is 0 Å². The second-order valence-electron chi connectivity index (χ2n) is 6.29. The predicted octanol–water partition coefficient (Wildman–Crippen LogP) is 1.86. The van der Waals surface area contributed by atoms with E-state index in [1.807, 2.05) is 7.11 Å². The third-order valence-electron chi connectivity index (χ3n) is 4.74. The van der Waals surface area contributed by atoms with E-state index in [0.717, 1.165) is 19.0 Å². The first kappa shape index (κ1) is 13.3. The van der Waals surface area contributed by atoms with Crippen molar-refractivity contribution in [3.05, 3.63) is 0 Å². The summed E-state index contributed by atoms with van der Waals surface area (Å²) in [5.41, 5.74) is 6.48. The van der Waals surface area contributed by atoms with Gasteiger partial charge in [0.1, 0.15) is 0 Å². The third kappa shape index (κ3) is 3.21. The minimum absolute atomic E-state index is 0.389. The van der Waals surface area contributed by atoms with Crippen molar-refractivity contribution in [3.8, 4) is 0 Å². The molecule has 2 fully saturated rings. The molecule has 0 amide bonds. The van der Waals surface area contributed by atoms with Gasteiger partial charge >= 0.3 is 0 Å². The van der Waals surface area contributed by atoms with Crippen LogP contribution in [0.3, 0.4) is 0 Å². The molecule has 0 spiro atoms. The van der Waals surface area contributed by atoms with Crippen LogP contribution in [0.5, 0.6) is 0 Å². The average Bonchev–Trinajstić information content (AvgIpc) is 2.76. The molecule has 0 aromatic rings. The molecular weight excluding hydrogens is 212 g/mol. The van der Waals surface area contributed by atoms with Gasteiger partial charge in [0, 0.05) is 26.7 Å². The summed E-state index contributed by atoms with van der Waals surface area (Å²) >= 11 is 0. The first-order valence-corrected chi connectivity index (χ1v) is 7.13. The number of nitrogens with zero attached hydrogens (tertiary/aromatic N) is 1. The molecule has 17 heavy (non-hydrogen) atoms. The zero-order valence-electron chi connectivity index (χ0n) is 11.5. The number of methoxy groups -OCH3 is 1. The number of hydrogen-bond donors (Lipinski definition) is 1. The van der Waals surface area contributed by atoms with E-state index in [4.69, 9.17) is 10.5 Å². The molecule has 100 valence electrons. The number of rotatable bonds is 4. The van der Waals surface area contributed by atoms with Crippen LogP contribution in [-0.2, 0) is 4.74 Å². The first-order valence-electron chi connectivity index (χ1n) is 7.13. The van der Waals surface area contributed by atoms with Gasteiger partial charge in [-0.15, -0.1) is 0 Å². The molecule has 0 radical (unpaired) electrons. The van der Waals surface area contributed by atoms with Crippen molar-refractivity contribution in [2.75, 3.05) is 33.3 Å². The monoisotopic (exact) mass is 240 g/mol. The van der Waals surface area contributed by atoms with E-state index >= 15 is 0 Å². The van der Waals surface area contributed by atoms with Gasteiger partial charge < -0.3 is 15.4 Å². The van der Waals surface area contributed by atoms with E-state index in [9.17, 15) is 0 Å². The van der Waals surface area contributed by atoms with Crippen LogP contribution in [0.4, 0.5) is 0 Å². The Bertz CT molecular complexity index is 246. The average molecular weight is 240 g/mol. The maximum absolute atomic E-state index is 6.09. The molecule has 0 aromatic carbocycles. The van der Waals surface area contributed by atoms with Crippen LogP contribution in [0.2, 0.25) is 0 Å². The Balaban J connectivity index is 1.90. The Morgan fingerprint density at radius 1 is 1.41 bits per heavy atom. The Morgan fingerprint density at radius 2 is 2.24 bits per heavy atom. The van der Waals surface area contributed by atoms with Crippen molar-refractivity contribution in [1.29, 1.82) is 0 Å². The highest BCUT2D eigenvalue weighted by Crippen LogP contribution is 2.39. The quantitative estimate of drug-likeness (QED) is 0.815. The molecule has 2 N–H and O–H groups in total. The topological polar surface area (TPSA) is 38.5 Å². The summed E-state index contributed by atoms with van der Waals surface area (Å²) in [5.74, 6) is 0.855. The van der Waals surface area contributed by atoms with Crippen LogP contribution in [-0.4, -0.2) is 44.3 Å². The van der Waals surface area contributed by atoms with Gasteiger partial charge in [-0.2, -0.15) is 0 Å². The molecular formula is C14H28N2O. The van der Waals surface area contributed by atoms with Crippen molar-refractivity contribution < 1.29 is 4.74 Å². The standard InChI is InChI=1S/C14H28N2O/c1-12-4-3-6-14(8-12,10-15)11-16-7-5-13(9-16)17-2/h12-13H,3-11,15H2,1-2H3. The predicted molar refractivity (Wildman–Crippen MR) is 71.0 cm³/mol. The van der Waals surface area contributed by atoms with Crippen molar-refractivity contribution in [2.45, 2.75) is 45.1 Å². The Labute approximate surface area is 106 Å². The Morgan fingerprint density at radius 3 is 2.82 bits per heavy atom. The highest BCUT2D eigenvalue weighted by Gasteiger charge is 2.37. The lowest BCUT2D eigenvalue weighted by atomic mass is 9.70. The molecule has 2 aliphatic rings. The lowest BCUT2D eigenvalue weighted by Gasteiger charge is -2.41. The van der Waals surface area contributed by atoms with Gasteiger partial charge in [-0.3, -0.25) is 0 Å². The number of ether oxygens (including phenoxy) is 1. The SMILES string of the molecule is COC1CCN(CC2(CN)CCCC(C)C2)C1. The minimum Gasteiger partial charge on any atom is -0.380 e. The summed E-state index contributed by atoms with van der Waals surface area (Å²) in [6.07, 6.45) is 7.03. The van der Waals surface area contributed by atoms with E-state index in [-0.39, 0.29) is 0 Å². The lowest BCUT2D eigenvalue weighted by molar-refractivity contribution is 0.0767. The third-order valence-corrected chi connectivity index (χ3v) is 4.74. The summed E-state index contributed by atoms with van der Waals surface area (Å²) in [6, 6.07) is 0. The summed E-state index contributed by atoms with van der Waals surface area (Å²) in [7, 11) is 1.83. The summed E-state index contributed by atoms with van der Waals surface area (Å²) in [6.45, 7) is 6.71. The maximum Gasteiger partial charge on any atom is 0.0710 e. The smallest absolute Gasteiger partial charge is 0.0710 e. The van der Waals surface area contributed by atoms with E-state index in [0.29, 0.717) is 11.5 Å². The normalized spacial score (nSPS) is 39.7. The molecule has 1 aliphatic carbocycles. The van der Waals surface area contributed by atoms with Crippen molar-refractivity contribution in [3.63, 3.8) is 0 Å². The fourth-order valence-electron chi connectivity index (χ4n) is 3.77. The highest BCUT2D eigenvalue weighted by atomic mass is 16.5. The number of likely N-dealkylation sites (tertiary alicyclic amines) is 1. The molecule has 1 heterocycles. The van der Waals surface area contributed by atoms with Crippen LogP contribution in [0, 0.1) is 11.3 Å². The van der Waals surface area contributed by atoms with Crippen LogP contribution in [0.1, 0.15) is 39.0 Å². The summed E-state index contributed by atoms with van der Waals surface area (Å²) in [5, 5.41) is 0. The lowest BCUT2D eigenvalue weighted by Crippen LogP contribution is -2.45. The fourth-order valence-corrected chi connectivity index (χ4v) is 3.77. The van der Waals surface area contributed by atoms with Crippen LogP contribution >= 0.6 is 0 Å². The first-order chi connectivity index (χ1) is 8.17. The molecule has 3 atom stereocenters.